The van der Waals surface area contributed by atoms with Gasteiger partial charge in [-0.2, -0.15) is 0 Å². The first-order valence-corrected chi connectivity index (χ1v) is 11.2. The Kier molecular flexibility index (Phi) is 5.12. The van der Waals surface area contributed by atoms with E-state index in [4.69, 9.17) is 4.98 Å². The topological polar surface area (TPSA) is 12.9 Å². The molecular formula is C29H29N. The third-order valence-corrected chi connectivity index (χ3v) is 6.70. The summed E-state index contributed by atoms with van der Waals surface area (Å²) in [4.78, 5) is 5.05. The van der Waals surface area contributed by atoms with Crippen LogP contribution in [0.15, 0.2) is 78.9 Å². The molecule has 1 nitrogen and oxygen atoms in total. The van der Waals surface area contributed by atoms with E-state index in [0.29, 0.717) is 11.8 Å². The van der Waals surface area contributed by atoms with Gasteiger partial charge in [-0.1, -0.05) is 65.7 Å². The molecule has 1 fully saturated rings. The van der Waals surface area contributed by atoms with Crippen LogP contribution < -0.4 is 0 Å². The number of para-hydroxylation sites is 1. The van der Waals surface area contributed by atoms with E-state index in [1.54, 1.807) is 0 Å². The molecule has 0 radical (unpaired) electrons. The summed E-state index contributed by atoms with van der Waals surface area (Å²) in [5.74, 6) is 1.32. The van der Waals surface area contributed by atoms with E-state index in [2.05, 4.69) is 92.7 Å². The van der Waals surface area contributed by atoms with Crippen molar-refractivity contribution >= 4 is 10.9 Å². The average molecular weight is 392 g/mol. The molecule has 3 aromatic carbocycles. The Bertz CT molecular complexity index is 1150. The maximum Gasteiger partial charge on any atom is 0.0712 e. The van der Waals surface area contributed by atoms with Gasteiger partial charge < -0.3 is 0 Å². The summed E-state index contributed by atoms with van der Waals surface area (Å²) in [6.45, 7) is 4.34. The number of hydrogen-bond donors (Lipinski definition) is 0. The quantitative estimate of drug-likeness (QED) is 0.345. The molecule has 0 unspecified atom stereocenters. The number of nitrogens with zero attached hydrogens (tertiary/aromatic N) is 1. The van der Waals surface area contributed by atoms with Crippen LogP contribution in [0.2, 0.25) is 0 Å². The number of pyridine rings is 1. The third-order valence-electron chi connectivity index (χ3n) is 6.70. The predicted octanol–water partition coefficient (Wildman–Crippen LogP) is 7.96. The molecule has 1 aromatic heterocycles. The first kappa shape index (κ1) is 19.1. The Balaban J connectivity index is 1.51. The largest absolute Gasteiger partial charge is 0.248 e. The molecule has 150 valence electrons. The van der Waals surface area contributed by atoms with Crippen LogP contribution in [0.3, 0.4) is 0 Å². The maximum absolute atomic E-state index is 5.05. The van der Waals surface area contributed by atoms with E-state index >= 15 is 0 Å². The fourth-order valence-electron chi connectivity index (χ4n) is 5.27. The van der Waals surface area contributed by atoms with Gasteiger partial charge in [0.25, 0.3) is 0 Å². The van der Waals surface area contributed by atoms with Gasteiger partial charge in [0.05, 0.1) is 11.2 Å². The molecule has 0 bridgehead atoms. The van der Waals surface area contributed by atoms with E-state index in [9.17, 15) is 0 Å². The monoisotopic (exact) mass is 391 g/mol. The van der Waals surface area contributed by atoms with Crippen molar-refractivity contribution in [3.63, 3.8) is 0 Å². The van der Waals surface area contributed by atoms with Crippen LogP contribution in [0, 0.1) is 13.8 Å². The SMILES string of the molecule is Cc1cc(C)cc(-c2cc(C3CCC(c4ccccc4)CC3)c3ccccc3n2)c1. The molecule has 1 heterocycles. The van der Waals surface area contributed by atoms with Gasteiger partial charge in [0.2, 0.25) is 0 Å². The zero-order valence-corrected chi connectivity index (χ0v) is 17.9. The molecule has 0 atom stereocenters. The number of rotatable bonds is 3. The van der Waals surface area contributed by atoms with Crippen molar-refractivity contribution in [3.05, 3.63) is 101 Å². The molecule has 1 aliphatic rings. The fourth-order valence-corrected chi connectivity index (χ4v) is 5.27. The fraction of sp³-hybridized carbons (Fsp3) is 0.276. The Morgan fingerprint density at radius 2 is 1.30 bits per heavy atom. The maximum atomic E-state index is 5.05. The van der Waals surface area contributed by atoms with Crippen LogP contribution in [-0.4, -0.2) is 4.98 Å². The van der Waals surface area contributed by atoms with Gasteiger partial charge in [-0.15, -0.1) is 0 Å². The minimum atomic E-state index is 0.613. The summed E-state index contributed by atoms with van der Waals surface area (Å²) in [5.41, 5.74) is 9.05. The highest BCUT2D eigenvalue weighted by Gasteiger charge is 2.25. The van der Waals surface area contributed by atoms with Crippen molar-refractivity contribution in [2.45, 2.75) is 51.4 Å². The predicted molar refractivity (Wildman–Crippen MR) is 127 cm³/mol. The van der Waals surface area contributed by atoms with Gasteiger partial charge in [0, 0.05) is 10.9 Å². The number of aromatic nitrogens is 1. The molecule has 0 N–H and O–H groups in total. The highest BCUT2D eigenvalue weighted by Crippen LogP contribution is 2.43. The second-order valence-electron chi connectivity index (χ2n) is 8.95. The van der Waals surface area contributed by atoms with E-state index in [0.717, 1.165) is 11.2 Å². The van der Waals surface area contributed by atoms with Crippen molar-refractivity contribution in [1.29, 1.82) is 0 Å². The lowest BCUT2D eigenvalue weighted by Gasteiger charge is -2.30. The molecule has 4 aromatic rings. The van der Waals surface area contributed by atoms with E-state index < -0.39 is 0 Å². The lowest BCUT2D eigenvalue weighted by Crippen LogP contribution is -2.13. The van der Waals surface area contributed by atoms with Crippen LogP contribution in [0.25, 0.3) is 22.2 Å². The van der Waals surface area contributed by atoms with Crippen LogP contribution in [0.1, 0.15) is 59.8 Å². The molecule has 0 amide bonds. The molecule has 1 aliphatic carbocycles. The highest BCUT2D eigenvalue weighted by atomic mass is 14.7. The van der Waals surface area contributed by atoms with Crippen molar-refractivity contribution in [2.75, 3.05) is 0 Å². The Morgan fingerprint density at radius 1 is 0.667 bits per heavy atom. The minimum absolute atomic E-state index is 0.613. The van der Waals surface area contributed by atoms with Gasteiger partial charge in [0.1, 0.15) is 0 Å². The van der Waals surface area contributed by atoms with Crippen molar-refractivity contribution in [3.8, 4) is 11.3 Å². The molecule has 0 spiro atoms. The second-order valence-corrected chi connectivity index (χ2v) is 8.95. The molecule has 0 saturated heterocycles. The third kappa shape index (κ3) is 3.77. The lowest BCUT2D eigenvalue weighted by atomic mass is 9.75. The van der Waals surface area contributed by atoms with Crippen molar-refractivity contribution in [1.82, 2.24) is 4.98 Å². The van der Waals surface area contributed by atoms with Gasteiger partial charge in [-0.25, -0.2) is 4.98 Å². The lowest BCUT2D eigenvalue weighted by molar-refractivity contribution is 0.398. The first-order valence-electron chi connectivity index (χ1n) is 11.2. The average Bonchev–Trinajstić information content (AvgIpc) is 2.78. The summed E-state index contributed by atoms with van der Waals surface area (Å²) in [7, 11) is 0. The van der Waals surface area contributed by atoms with E-state index in [1.807, 2.05) is 0 Å². The first-order chi connectivity index (χ1) is 14.7. The van der Waals surface area contributed by atoms with Gasteiger partial charge >= 0.3 is 0 Å². The number of fused-ring (bicyclic) bond motifs is 1. The van der Waals surface area contributed by atoms with Crippen LogP contribution in [0.5, 0.6) is 0 Å². The summed E-state index contributed by atoms with van der Waals surface area (Å²) < 4.78 is 0. The summed E-state index contributed by atoms with van der Waals surface area (Å²) in [5, 5.41) is 1.33. The second kappa shape index (κ2) is 8.07. The Hall–Kier alpha value is -2.93. The molecular weight excluding hydrogens is 362 g/mol. The Morgan fingerprint density at radius 3 is 2.03 bits per heavy atom. The molecule has 0 aliphatic heterocycles. The van der Waals surface area contributed by atoms with E-state index in [1.165, 1.54) is 58.9 Å². The van der Waals surface area contributed by atoms with Crippen LogP contribution in [0.4, 0.5) is 0 Å². The standard InChI is InChI=1S/C29H29N/c1-20-16-21(2)18-25(17-20)29-19-27(26-10-6-7-11-28(26)30-29)24-14-12-23(13-15-24)22-8-4-3-5-9-22/h3-11,16-19,23-24H,12-15H2,1-2H3. The van der Waals surface area contributed by atoms with E-state index in [-0.39, 0.29) is 0 Å². The zero-order chi connectivity index (χ0) is 20.5. The molecule has 1 heteroatoms. The highest BCUT2D eigenvalue weighted by molar-refractivity contribution is 5.85. The number of aryl methyl sites for hydroxylation is 2. The molecule has 30 heavy (non-hydrogen) atoms. The van der Waals surface area contributed by atoms with Crippen LogP contribution >= 0.6 is 0 Å². The Labute approximate surface area is 179 Å². The van der Waals surface area contributed by atoms with Gasteiger partial charge in [0.15, 0.2) is 0 Å². The van der Waals surface area contributed by atoms with Crippen molar-refractivity contribution in [2.24, 2.45) is 0 Å². The van der Waals surface area contributed by atoms with Crippen molar-refractivity contribution < 1.29 is 0 Å². The molecule has 5 rings (SSSR count). The summed E-state index contributed by atoms with van der Waals surface area (Å²) in [6.07, 6.45) is 5.04. The number of hydrogen-bond acceptors (Lipinski definition) is 1. The van der Waals surface area contributed by atoms with Gasteiger partial charge in [-0.05, 0) is 86.8 Å². The van der Waals surface area contributed by atoms with Gasteiger partial charge in [-0.3, -0.25) is 0 Å². The zero-order valence-electron chi connectivity index (χ0n) is 17.9. The summed E-state index contributed by atoms with van der Waals surface area (Å²) >= 11 is 0. The summed E-state index contributed by atoms with van der Waals surface area (Å²) in [6, 6.07) is 28.9. The smallest absolute Gasteiger partial charge is 0.0712 e. The normalized spacial score (nSPS) is 19.1. The van der Waals surface area contributed by atoms with Crippen LogP contribution in [-0.2, 0) is 0 Å². The molecule has 1 saturated carbocycles. The number of benzene rings is 3. The minimum Gasteiger partial charge on any atom is -0.248 e.